The maximum absolute atomic E-state index is 13.1. The van der Waals surface area contributed by atoms with E-state index in [4.69, 9.17) is 4.74 Å². The van der Waals surface area contributed by atoms with Gasteiger partial charge in [0.2, 0.25) is 0 Å². The van der Waals surface area contributed by atoms with E-state index in [1.807, 2.05) is 31.2 Å². The lowest BCUT2D eigenvalue weighted by atomic mass is 9.87. The Bertz CT molecular complexity index is 588. The maximum atomic E-state index is 13.1. The lowest BCUT2D eigenvalue weighted by molar-refractivity contribution is 0.0574. The van der Waals surface area contributed by atoms with Crippen LogP contribution in [0.25, 0.3) is 0 Å². The predicted octanol–water partition coefficient (Wildman–Crippen LogP) is 3.59. The van der Waals surface area contributed by atoms with E-state index in [0.717, 1.165) is 22.4 Å². The molecule has 2 aromatic rings. The third kappa shape index (κ3) is 3.17. The van der Waals surface area contributed by atoms with Gasteiger partial charge in [-0.25, -0.2) is 4.39 Å². The van der Waals surface area contributed by atoms with Crippen molar-refractivity contribution in [3.8, 4) is 5.75 Å². The minimum absolute atomic E-state index is 0.254. The number of halogens is 1. The highest BCUT2D eigenvalue weighted by atomic mass is 19.1. The van der Waals surface area contributed by atoms with Crippen molar-refractivity contribution in [3.63, 3.8) is 0 Å². The van der Waals surface area contributed by atoms with Crippen molar-refractivity contribution in [2.45, 2.75) is 25.9 Å². The summed E-state index contributed by atoms with van der Waals surface area (Å²) in [7, 11) is 1.61. The summed E-state index contributed by atoms with van der Waals surface area (Å²) in [4.78, 5) is 0. The fourth-order valence-corrected chi connectivity index (χ4v) is 2.28. The van der Waals surface area contributed by atoms with Gasteiger partial charge in [-0.15, -0.1) is 0 Å². The Morgan fingerprint density at radius 2 is 1.80 bits per heavy atom. The summed E-state index contributed by atoms with van der Waals surface area (Å²) in [5.74, 6) is 0.498. The Morgan fingerprint density at radius 1 is 1.15 bits per heavy atom. The Kier molecular flexibility index (Phi) is 4.09. The first kappa shape index (κ1) is 14.5. The van der Waals surface area contributed by atoms with Crippen molar-refractivity contribution >= 4 is 0 Å². The van der Waals surface area contributed by atoms with Crippen LogP contribution in [0.4, 0.5) is 4.39 Å². The van der Waals surface area contributed by atoms with E-state index in [9.17, 15) is 9.50 Å². The first-order chi connectivity index (χ1) is 9.42. The topological polar surface area (TPSA) is 29.5 Å². The molecule has 0 fully saturated rings. The van der Waals surface area contributed by atoms with Crippen molar-refractivity contribution in [2.75, 3.05) is 7.11 Å². The van der Waals surface area contributed by atoms with E-state index in [1.165, 1.54) is 12.1 Å². The molecule has 1 unspecified atom stereocenters. The molecule has 0 amide bonds. The van der Waals surface area contributed by atoms with Crippen LogP contribution in [0.1, 0.15) is 23.6 Å². The van der Waals surface area contributed by atoms with Crippen LogP contribution < -0.4 is 4.74 Å². The summed E-state index contributed by atoms with van der Waals surface area (Å²) >= 11 is 0. The number of aryl methyl sites for hydroxylation is 1. The highest BCUT2D eigenvalue weighted by Crippen LogP contribution is 2.28. The molecule has 106 valence electrons. The summed E-state index contributed by atoms with van der Waals surface area (Å²) in [5, 5.41) is 10.7. The number of benzene rings is 2. The number of methoxy groups -OCH3 is 1. The van der Waals surface area contributed by atoms with Crippen molar-refractivity contribution in [2.24, 2.45) is 0 Å². The largest absolute Gasteiger partial charge is 0.497 e. The zero-order valence-corrected chi connectivity index (χ0v) is 12.0. The summed E-state index contributed by atoms with van der Waals surface area (Å²) in [6.07, 6.45) is 0.436. The van der Waals surface area contributed by atoms with Gasteiger partial charge in [-0.3, -0.25) is 0 Å². The number of ether oxygens (including phenoxy) is 1. The summed E-state index contributed by atoms with van der Waals surface area (Å²) in [6.45, 7) is 3.61. The molecule has 20 heavy (non-hydrogen) atoms. The van der Waals surface area contributed by atoms with Gasteiger partial charge in [0.15, 0.2) is 0 Å². The molecule has 2 rings (SSSR count). The molecule has 1 N–H and O–H groups in total. The highest BCUT2D eigenvalue weighted by molar-refractivity contribution is 5.34. The lowest BCUT2D eigenvalue weighted by Gasteiger charge is -2.25. The number of rotatable bonds is 4. The van der Waals surface area contributed by atoms with Crippen LogP contribution >= 0.6 is 0 Å². The van der Waals surface area contributed by atoms with Crippen LogP contribution in [-0.4, -0.2) is 12.2 Å². The first-order valence-electron chi connectivity index (χ1n) is 6.54. The maximum Gasteiger partial charge on any atom is 0.123 e. The normalized spacial score (nSPS) is 13.8. The van der Waals surface area contributed by atoms with Crippen LogP contribution in [0.3, 0.4) is 0 Å². The number of aliphatic hydroxyl groups is 1. The smallest absolute Gasteiger partial charge is 0.123 e. The molecule has 0 saturated heterocycles. The molecule has 2 nitrogen and oxygen atoms in total. The molecule has 0 spiro atoms. The zero-order valence-electron chi connectivity index (χ0n) is 12.0. The summed E-state index contributed by atoms with van der Waals surface area (Å²) in [5.41, 5.74) is 1.59. The fraction of sp³-hybridized carbons (Fsp3) is 0.294. The molecule has 0 aliphatic heterocycles. The second-order valence-electron chi connectivity index (χ2n) is 5.25. The number of hydrogen-bond acceptors (Lipinski definition) is 2. The number of hydrogen-bond donors (Lipinski definition) is 1. The van der Waals surface area contributed by atoms with E-state index in [0.29, 0.717) is 6.42 Å². The molecule has 0 heterocycles. The van der Waals surface area contributed by atoms with Crippen LogP contribution in [0.15, 0.2) is 42.5 Å². The zero-order chi connectivity index (χ0) is 14.8. The van der Waals surface area contributed by atoms with Gasteiger partial charge in [0, 0.05) is 6.42 Å². The monoisotopic (exact) mass is 274 g/mol. The van der Waals surface area contributed by atoms with Crippen molar-refractivity contribution in [1.29, 1.82) is 0 Å². The molecule has 0 radical (unpaired) electrons. The molecule has 0 aliphatic rings. The molecule has 0 bridgehead atoms. The van der Waals surface area contributed by atoms with E-state index >= 15 is 0 Å². The molecule has 0 aliphatic carbocycles. The molecular weight excluding hydrogens is 255 g/mol. The van der Waals surface area contributed by atoms with Gasteiger partial charge < -0.3 is 9.84 Å². The minimum atomic E-state index is -1.01. The van der Waals surface area contributed by atoms with Crippen LogP contribution in [0, 0.1) is 12.7 Å². The lowest BCUT2D eigenvalue weighted by Crippen LogP contribution is -2.24. The van der Waals surface area contributed by atoms with Gasteiger partial charge in [-0.2, -0.15) is 0 Å². The second kappa shape index (κ2) is 5.63. The fourth-order valence-electron chi connectivity index (χ4n) is 2.28. The molecule has 0 aromatic heterocycles. The standard InChI is InChI=1S/C17H19FO2/c1-12-10-15(18)7-4-13(12)11-17(2,19)14-5-8-16(20-3)9-6-14/h4-10,19H,11H2,1-3H3. The van der Waals surface area contributed by atoms with E-state index in [-0.39, 0.29) is 5.82 Å². The molecule has 1 atom stereocenters. The average molecular weight is 274 g/mol. The molecular formula is C17H19FO2. The highest BCUT2D eigenvalue weighted by Gasteiger charge is 2.24. The summed E-state index contributed by atoms with van der Waals surface area (Å²) < 4.78 is 18.2. The third-order valence-corrected chi connectivity index (χ3v) is 3.55. The average Bonchev–Trinajstić information content (AvgIpc) is 2.42. The molecule has 2 aromatic carbocycles. The van der Waals surface area contributed by atoms with Gasteiger partial charge in [0.25, 0.3) is 0 Å². The van der Waals surface area contributed by atoms with Gasteiger partial charge in [-0.05, 0) is 54.8 Å². The van der Waals surface area contributed by atoms with Gasteiger partial charge in [0.05, 0.1) is 12.7 Å². The van der Waals surface area contributed by atoms with Gasteiger partial charge in [0.1, 0.15) is 11.6 Å². The Hall–Kier alpha value is -1.87. The second-order valence-corrected chi connectivity index (χ2v) is 5.25. The van der Waals surface area contributed by atoms with Crippen molar-refractivity contribution in [3.05, 3.63) is 65.0 Å². The Morgan fingerprint density at radius 3 is 2.35 bits per heavy atom. The molecule has 0 saturated carbocycles. The van der Waals surface area contributed by atoms with Gasteiger partial charge in [-0.1, -0.05) is 18.2 Å². The van der Waals surface area contributed by atoms with E-state index < -0.39 is 5.60 Å². The minimum Gasteiger partial charge on any atom is -0.497 e. The Labute approximate surface area is 118 Å². The SMILES string of the molecule is COc1ccc(C(C)(O)Cc2ccc(F)cc2C)cc1. The van der Waals surface area contributed by atoms with E-state index in [1.54, 1.807) is 20.1 Å². The quantitative estimate of drug-likeness (QED) is 0.923. The predicted molar refractivity (Wildman–Crippen MR) is 77.4 cm³/mol. The van der Waals surface area contributed by atoms with Crippen LogP contribution in [0.2, 0.25) is 0 Å². The van der Waals surface area contributed by atoms with Crippen molar-refractivity contribution < 1.29 is 14.2 Å². The van der Waals surface area contributed by atoms with Crippen molar-refractivity contribution in [1.82, 2.24) is 0 Å². The Balaban J connectivity index is 2.25. The van der Waals surface area contributed by atoms with E-state index in [2.05, 4.69) is 0 Å². The third-order valence-electron chi connectivity index (χ3n) is 3.55. The van der Waals surface area contributed by atoms with Crippen LogP contribution in [-0.2, 0) is 12.0 Å². The molecule has 3 heteroatoms. The first-order valence-corrected chi connectivity index (χ1v) is 6.54. The van der Waals surface area contributed by atoms with Gasteiger partial charge >= 0.3 is 0 Å². The van der Waals surface area contributed by atoms with Crippen LogP contribution in [0.5, 0.6) is 5.75 Å². The summed E-state index contributed by atoms with van der Waals surface area (Å²) in [6, 6.07) is 12.0.